The Morgan fingerprint density at radius 1 is 1.07 bits per heavy atom. The van der Waals surface area contributed by atoms with Crippen LogP contribution < -0.4 is 9.64 Å². The summed E-state index contributed by atoms with van der Waals surface area (Å²) in [5.74, 6) is 0.812. The van der Waals surface area contributed by atoms with Crippen molar-refractivity contribution in [1.29, 1.82) is 0 Å². The van der Waals surface area contributed by atoms with Crippen LogP contribution in [0.3, 0.4) is 0 Å². The number of benzene rings is 2. The summed E-state index contributed by atoms with van der Waals surface area (Å²) >= 11 is 1.78. The van der Waals surface area contributed by atoms with Crippen LogP contribution in [-0.4, -0.2) is 38.6 Å². The van der Waals surface area contributed by atoms with Crippen molar-refractivity contribution in [3.8, 4) is 5.75 Å². The van der Waals surface area contributed by atoms with Crippen molar-refractivity contribution in [3.05, 3.63) is 81.5 Å². The average molecular weight is 393 g/mol. The minimum Gasteiger partial charge on any atom is -0.497 e. The number of hydrogen-bond acceptors (Lipinski definition) is 4. The lowest BCUT2D eigenvalue weighted by molar-refractivity contribution is 0.0696. The second kappa shape index (κ2) is 7.68. The molecule has 2 aromatic carbocycles. The van der Waals surface area contributed by atoms with Gasteiger partial charge in [0, 0.05) is 36.8 Å². The Morgan fingerprint density at radius 3 is 2.43 bits per heavy atom. The number of ether oxygens (including phenoxy) is 1. The number of carbonyl (C=O) groups excluding carboxylic acids is 1. The van der Waals surface area contributed by atoms with Gasteiger partial charge in [-0.2, -0.15) is 0 Å². The highest BCUT2D eigenvalue weighted by atomic mass is 32.1. The van der Waals surface area contributed by atoms with Crippen molar-refractivity contribution >= 4 is 22.9 Å². The number of hydrogen-bond donors (Lipinski definition) is 0. The zero-order valence-corrected chi connectivity index (χ0v) is 17.2. The van der Waals surface area contributed by atoms with Crippen molar-refractivity contribution in [2.24, 2.45) is 0 Å². The van der Waals surface area contributed by atoms with Gasteiger partial charge in [-0.3, -0.25) is 4.79 Å². The van der Waals surface area contributed by atoms with E-state index in [0.717, 1.165) is 30.0 Å². The molecule has 0 spiro atoms. The Morgan fingerprint density at radius 2 is 1.79 bits per heavy atom. The molecule has 1 atom stereocenters. The standard InChI is InChI=1S/C23H24N2O2S/c1-24(2)18-8-4-16(5-9-18)22-20-13-15-28-21(20)12-14-25(22)23(26)17-6-10-19(27-3)11-7-17/h4-11,13,15,22H,12,14H2,1-3H3. The highest BCUT2D eigenvalue weighted by Gasteiger charge is 2.33. The molecule has 28 heavy (non-hydrogen) atoms. The van der Waals surface area contributed by atoms with E-state index < -0.39 is 0 Å². The zero-order chi connectivity index (χ0) is 19.7. The predicted molar refractivity (Wildman–Crippen MR) is 115 cm³/mol. The van der Waals surface area contributed by atoms with Gasteiger partial charge in [0.25, 0.3) is 5.91 Å². The predicted octanol–water partition coefficient (Wildman–Crippen LogP) is 4.61. The van der Waals surface area contributed by atoms with E-state index in [1.165, 1.54) is 10.4 Å². The van der Waals surface area contributed by atoms with Gasteiger partial charge in [-0.05, 0) is 65.4 Å². The molecule has 0 radical (unpaired) electrons. The number of anilines is 1. The van der Waals surface area contributed by atoms with Crippen LogP contribution in [0.15, 0.2) is 60.0 Å². The molecule has 1 aromatic heterocycles. The van der Waals surface area contributed by atoms with Gasteiger partial charge in [-0.15, -0.1) is 11.3 Å². The van der Waals surface area contributed by atoms with Crippen LogP contribution >= 0.6 is 11.3 Å². The Bertz CT molecular complexity index is 961. The van der Waals surface area contributed by atoms with Crippen molar-refractivity contribution in [2.75, 3.05) is 32.6 Å². The first-order chi connectivity index (χ1) is 13.6. The molecule has 5 heteroatoms. The highest BCUT2D eigenvalue weighted by Crippen LogP contribution is 2.39. The summed E-state index contributed by atoms with van der Waals surface area (Å²) < 4.78 is 5.22. The number of nitrogens with zero attached hydrogens (tertiary/aromatic N) is 2. The Hall–Kier alpha value is -2.79. The summed E-state index contributed by atoms with van der Waals surface area (Å²) in [7, 11) is 5.70. The fourth-order valence-corrected chi connectivity index (χ4v) is 4.65. The molecule has 2 heterocycles. The minimum atomic E-state index is -0.0548. The van der Waals surface area contributed by atoms with E-state index in [-0.39, 0.29) is 11.9 Å². The molecule has 0 saturated carbocycles. The molecule has 144 valence electrons. The molecule has 0 N–H and O–H groups in total. The van der Waals surface area contributed by atoms with E-state index in [4.69, 9.17) is 4.74 Å². The monoisotopic (exact) mass is 392 g/mol. The molecule has 1 amide bonds. The summed E-state index contributed by atoms with van der Waals surface area (Å²) in [6.45, 7) is 0.721. The summed E-state index contributed by atoms with van der Waals surface area (Å²) in [4.78, 5) is 18.8. The van der Waals surface area contributed by atoms with Gasteiger partial charge in [0.2, 0.25) is 0 Å². The van der Waals surface area contributed by atoms with Crippen LogP contribution in [-0.2, 0) is 6.42 Å². The average Bonchev–Trinajstić information content (AvgIpc) is 3.21. The molecule has 0 saturated heterocycles. The van der Waals surface area contributed by atoms with E-state index in [1.54, 1.807) is 18.4 Å². The maximum absolute atomic E-state index is 13.4. The lowest BCUT2D eigenvalue weighted by atomic mass is 9.92. The Balaban J connectivity index is 1.71. The van der Waals surface area contributed by atoms with Crippen LogP contribution in [0.4, 0.5) is 5.69 Å². The van der Waals surface area contributed by atoms with Crippen molar-refractivity contribution in [2.45, 2.75) is 12.5 Å². The second-order valence-electron chi connectivity index (χ2n) is 7.16. The third-order valence-electron chi connectivity index (χ3n) is 5.29. The molecular formula is C23H24N2O2S. The van der Waals surface area contributed by atoms with Gasteiger partial charge >= 0.3 is 0 Å². The maximum atomic E-state index is 13.4. The molecule has 3 aromatic rings. The number of rotatable bonds is 4. The van der Waals surface area contributed by atoms with E-state index >= 15 is 0 Å². The summed E-state index contributed by atoms with van der Waals surface area (Å²) in [6.07, 6.45) is 0.904. The van der Waals surface area contributed by atoms with Gasteiger partial charge in [0.15, 0.2) is 0 Å². The molecule has 1 unspecified atom stereocenters. The molecule has 1 aliphatic rings. The first-order valence-corrected chi connectivity index (χ1v) is 10.2. The topological polar surface area (TPSA) is 32.8 Å². The van der Waals surface area contributed by atoms with Crippen molar-refractivity contribution < 1.29 is 9.53 Å². The quantitative estimate of drug-likeness (QED) is 0.650. The van der Waals surface area contributed by atoms with E-state index in [9.17, 15) is 4.79 Å². The van der Waals surface area contributed by atoms with Crippen LogP contribution in [0.5, 0.6) is 5.75 Å². The first-order valence-electron chi connectivity index (χ1n) is 9.37. The van der Waals surface area contributed by atoms with Crippen LogP contribution in [0, 0.1) is 0 Å². The van der Waals surface area contributed by atoms with Crippen molar-refractivity contribution in [3.63, 3.8) is 0 Å². The molecule has 0 bridgehead atoms. The number of fused-ring (bicyclic) bond motifs is 1. The summed E-state index contributed by atoms with van der Waals surface area (Å²) in [5, 5.41) is 2.13. The smallest absolute Gasteiger partial charge is 0.254 e. The van der Waals surface area contributed by atoms with Gasteiger partial charge in [0.1, 0.15) is 5.75 Å². The number of carbonyl (C=O) groups is 1. The third kappa shape index (κ3) is 3.38. The maximum Gasteiger partial charge on any atom is 0.254 e. The van der Waals surface area contributed by atoms with Crippen LogP contribution in [0.2, 0.25) is 0 Å². The van der Waals surface area contributed by atoms with E-state index in [1.807, 2.05) is 43.3 Å². The minimum absolute atomic E-state index is 0.0548. The second-order valence-corrected chi connectivity index (χ2v) is 8.17. The number of amides is 1. The fraction of sp³-hybridized carbons (Fsp3) is 0.261. The zero-order valence-electron chi connectivity index (χ0n) is 16.4. The van der Waals surface area contributed by atoms with Gasteiger partial charge in [0.05, 0.1) is 13.2 Å². The number of methoxy groups -OCH3 is 1. The highest BCUT2D eigenvalue weighted by molar-refractivity contribution is 7.10. The van der Waals surface area contributed by atoms with E-state index in [0.29, 0.717) is 5.56 Å². The largest absolute Gasteiger partial charge is 0.497 e. The molecular weight excluding hydrogens is 368 g/mol. The molecule has 4 nitrogen and oxygen atoms in total. The SMILES string of the molecule is COc1ccc(C(=O)N2CCc3sccc3C2c2ccc(N(C)C)cc2)cc1. The molecule has 0 fully saturated rings. The van der Waals surface area contributed by atoms with Gasteiger partial charge in [-0.25, -0.2) is 0 Å². The van der Waals surface area contributed by atoms with Crippen LogP contribution in [0.1, 0.15) is 32.4 Å². The molecule has 1 aliphatic heterocycles. The van der Waals surface area contributed by atoms with Gasteiger partial charge in [-0.1, -0.05) is 12.1 Å². The Labute approximate surface area is 170 Å². The van der Waals surface area contributed by atoms with Gasteiger partial charge < -0.3 is 14.5 Å². The normalized spacial score (nSPS) is 15.8. The first kappa shape index (κ1) is 18.6. The van der Waals surface area contributed by atoms with Crippen molar-refractivity contribution in [1.82, 2.24) is 4.90 Å². The molecule has 0 aliphatic carbocycles. The lowest BCUT2D eigenvalue weighted by Gasteiger charge is -2.36. The Kier molecular flexibility index (Phi) is 5.09. The molecule has 4 rings (SSSR count). The third-order valence-corrected chi connectivity index (χ3v) is 6.29. The number of thiophene rings is 1. The summed E-state index contributed by atoms with van der Waals surface area (Å²) in [5.41, 5.74) is 4.23. The summed E-state index contributed by atoms with van der Waals surface area (Å²) in [6, 6.07) is 18.0. The fourth-order valence-electron chi connectivity index (χ4n) is 3.75. The van der Waals surface area contributed by atoms with Crippen LogP contribution in [0.25, 0.3) is 0 Å². The van der Waals surface area contributed by atoms with E-state index in [2.05, 4.69) is 40.6 Å². The lowest BCUT2D eigenvalue weighted by Crippen LogP contribution is -2.40.